The third-order valence-electron chi connectivity index (χ3n) is 3.37. The van der Waals surface area contributed by atoms with E-state index in [2.05, 4.69) is 5.32 Å². The van der Waals surface area contributed by atoms with Gasteiger partial charge in [0, 0.05) is 33.5 Å². The Morgan fingerprint density at radius 3 is 2.30 bits per heavy atom. The van der Waals surface area contributed by atoms with E-state index in [4.69, 9.17) is 0 Å². The van der Waals surface area contributed by atoms with Crippen LogP contribution in [0.25, 0.3) is 0 Å². The van der Waals surface area contributed by atoms with Crippen molar-refractivity contribution < 1.29 is 23.9 Å². The molecule has 7 heteroatoms. The second-order valence-electron chi connectivity index (χ2n) is 5.39. The summed E-state index contributed by atoms with van der Waals surface area (Å²) in [6, 6.07) is 5.13. The van der Waals surface area contributed by atoms with Crippen molar-refractivity contribution in [2.24, 2.45) is 0 Å². The van der Waals surface area contributed by atoms with Crippen LogP contribution in [0.1, 0.15) is 30.7 Å². The lowest BCUT2D eigenvalue weighted by Gasteiger charge is -2.14. The lowest BCUT2D eigenvalue weighted by Crippen LogP contribution is -2.31. The van der Waals surface area contributed by atoms with Crippen molar-refractivity contribution in [1.82, 2.24) is 10.2 Å². The third-order valence-corrected chi connectivity index (χ3v) is 3.37. The number of nitrogens with one attached hydrogen (secondary N) is 1. The number of aliphatic carboxylic acids is 1. The molecule has 1 atom stereocenters. The average Bonchev–Trinajstić information content (AvgIpc) is 2.48. The van der Waals surface area contributed by atoms with E-state index in [1.165, 1.54) is 29.2 Å². The van der Waals surface area contributed by atoms with E-state index < -0.39 is 17.7 Å². The van der Waals surface area contributed by atoms with Gasteiger partial charge in [-0.25, -0.2) is 4.39 Å². The Morgan fingerprint density at radius 2 is 1.78 bits per heavy atom. The zero-order valence-electron chi connectivity index (χ0n) is 13.2. The number of carboxylic acid groups (broad SMARTS) is 1. The van der Waals surface area contributed by atoms with Gasteiger partial charge in [0.15, 0.2) is 0 Å². The number of carbonyl (C=O) groups is 3. The number of nitrogens with zero attached hydrogens (tertiary/aromatic N) is 1. The van der Waals surface area contributed by atoms with Gasteiger partial charge in [-0.15, -0.1) is 0 Å². The molecule has 0 aliphatic carbocycles. The molecular formula is C16H21FN2O4. The highest BCUT2D eigenvalue weighted by Gasteiger charge is 2.20. The summed E-state index contributed by atoms with van der Waals surface area (Å²) in [4.78, 5) is 35.8. The molecule has 0 heterocycles. The molecule has 0 bridgehead atoms. The summed E-state index contributed by atoms with van der Waals surface area (Å²) in [7, 11) is 3.28. The van der Waals surface area contributed by atoms with Crippen molar-refractivity contribution >= 4 is 17.8 Å². The Bertz CT molecular complexity index is 558. The summed E-state index contributed by atoms with van der Waals surface area (Å²) in [6.45, 7) is -0.0819. The molecule has 1 aromatic carbocycles. The maximum absolute atomic E-state index is 12.9. The smallest absolute Gasteiger partial charge is 0.312 e. The first-order valence-corrected chi connectivity index (χ1v) is 7.26. The molecule has 126 valence electrons. The van der Waals surface area contributed by atoms with Crippen LogP contribution in [0.5, 0.6) is 0 Å². The Balaban J connectivity index is 2.46. The molecule has 1 rings (SSSR count). The fourth-order valence-corrected chi connectivity index (χ4v) is 1.97. The van der Waals surface area contributed by atoms with Crippen LogP contribution < -0.4 is 5.32 Å². The van der Waals surface area contributed by atoms with Crippen LogP contribution in [0.2, 0.25) is 0 Å². The zero-order chi connectivity index (χ0) is 17.4. The van der Waals surface area contributed by atoms with Crippen LogP contribution in [0.4, 0.5) is 4.39 Å². The van der Waals surface area contributed by atoms with E-state index in [0.29, 0.717) is 12.0 Å². The first-order valence-electron chi connectivity index (χ1n) is 7.26. The molecule has 0 spiro atoms. The molecule has 0 aliphatic heterocycles. The number of carboxylic acids is 1. The third kappa shape index (κ3) is 6.46. The van der Waals surface area contributed by atoms with E-state index in [1.807, 2.05) is 0 Å². The van der Waals surface area contributed by atoms with Gasteiger partial charge >= 0.3 is 5.97 Å². The van der Waals surface area contributed by atoms with Gasteiger partial charge in [0.2, 0.25) is 11.8 Å². The second-order valence-corrected chi connectivity index (χ2v) is 5.39. The predicted molar refractivity (Wildman–Crippen MR) is 82.3 cm³/mol. The van der Waals surface area contributed by atoms with Gasteiger partial charge in [-0.1, -0.05) is 12.1 Å². The Labute approximate surface area is 134 Å². The highest BCUT2D eigenvalue weighted by Crippen LogP contribution is 2.16. The fraction of sp³-hybridized carbons (Fsp3) is 0.438. The van der Waals surface area contributed by atoms with Gasteiger partial charge in [-0.2, -0.15) is 0 Å². The summed E-state index contributed by atoms with van der Waals surface area (Å²) < 4.78 is 12.9. The van der Waals surface area contributed by atoms with Crippen LogP contribution in [-0.2, 0) is 14.4 Å². The first-order chi connectivity index (χ1) is 10.8. The van der Waals surface area contributed by atoms with Crippen molar-refractivity contribution in [1.29, 1.82) is 0 Å². The standard InChI is InChI=1S/C16H21FN2O4/c1-19(2)15(21)5-3-4-14(20)18-10-13(16(22)23)11-6-8-12(17)9-7-11/h6-9,13H,3-5,10H2,1-2H3,(H,18,20)(H,22,23). The normalized spacial score (nSPS) is 11.6. The maximum atomic E-state index is 12.9. The van der Waals surface area contributed by atoms with Crippen molar-refractivity contribution in [2.45, 2.75) is 25.2 Å². The predicted octanol–water partition coefficient (Wildman–Crippen LogP) is 1.37. The number of hydrogen-bond acceptors (Lipinski definition) is 3. The summed E-state index contributed by atoms with van der Waals surface area (Å²) in [6.07, 6.45) is 0.813. The molecule has 23 heavy (non-hydrogen) atoms. The molecule has 0 aliphatic rings. The highest BCUT2D eigenvalue weighted by atomic mass is 19.1. The van der Waals surface area contributed by atoms with E-state index in [-0.39, 0.29) is 31.2 Å². The Morgan fingerprint density at radius 1 is 1.17 bits per heavy atom. The molecule has 0 fully saturated rings. The first kappa shape index (κ1) is 18.6. The number of carbonyl (C=O) groups excluding carboxylic acids is 2. The summed E-state index contributed by atoms with van der Waals surface area (Å²) in [5.41, 5.74) is 0.419. The molecule has 0 saturated heterocycles. The van der Waals surface area contributed by atoms with Gasteiger partial charge in [-0.3, -0.25) is 14.4 Å². The summed E-state index contributed by atoms with van der Waals surface area (Å²) >= 11 is 0. The number of benzene rings is 1. The lowest BCUT2D eigenvalue weighted by molar-refractivity contribution is -0.138. The molecule has 6 nitrogen and oxygen atoms in total. The van der Waals surface area contributed by atoms with Crippen molar-refractivity contribution in [3.8, 4) is 0 Å². The largest absolute Gasteiger partial charge is 0.481 e. The monoisotopic (exact) mass is 324 g/mol. The van der Waals surface area contributed by atoms with Crippen LogP contribution in [-0.4, -0.2) is 48.4 Å². The van der Waals surface area contributed by atoms with Crippen LogP contribution in [0, 0.1) is 5.82 Å². The van der Waals surface area contributed by atoms with E-state index in [1.54, 1.807) is 14.1 Å². The van der Waals surface area contributed by atoms with E-state index in [9.17, 15) is 23.9 Å². The summed E-state index contributed by atoms with van der Waals surface area (Å²) in [5.74, 6) is -2.87. The number of hydrogen-bond donors (Lipinski definition) is 2. The summed E-state index contributed by atoms with van der Waals surface area (Å²) in [5, 5.41) is 11.8. The molecule has 0 aromatic heterocycles. The van der Waals surface area contributed by atoms with Crippen molar-refractivity contribution in [3.05, 3.63) is 35.6 Å². The van der Waals surface area contributed by atoms with Crippen molar-refractivity contribution in [3.63, 3.8) is 0 Å². The number of amides is 2. The fourth-order valence-electron chi connectivity index (χ4n) is 1.97. The number of halogens is 1. The lowest BCUT2D eigenvalue weighted by atomic mass is 9.99. The molecule has 2 amide bonds. The van der Waals surface area contributed by atoms with E-state index >= 15 is 0 Å². The molecule has 1 aromatic rings. The molecule has 0 saturated carbocycles. The SMILES string of the molecule is CN(C)C(=O)CCCC(=O)NCC(C(=O)O)c1ccc(F)cc1. The minimum atomic E-state index is -1.10. The average molecular weight is 324 g/mol. The molecule has 0 radical (unpaired) electrons. The maximum Gasteiger partial charge on any atom is 0.312 e. The number of rotatable bonds is 8. The van der Waals surface area contributed by atoms with Gasteiger partial charge in [0.25, 0.3) is 0 Å². The van der Waals surface area contributed by atoms with Gasteiger partial charge < -0.3 is 15.3 Å². The Hall–Kier alpha value is -2.44. The van der Waals surface area contributed by atoms with Gasteiger partial charge in [0.1, 0.15) is 5.82 Å². The van der Waals surface area contributed by atoms with Crippen LogP contribution >= 0.6 is 0 Å². The van der Waals surface area contributed by atoms with Crippen LogP contribution in [0.3, 0.4) is 0 Å². The Kier molecular flexibility index (Phi) is 7.18. The minimum Gasteiger partial charge on any atom is -0.481 e. The highest BCUT2D eigenvalue weighted by molar-refractivity contribution is 5.80. The zero-order valence-corrected chi connectivity index (χ0v) is 13.2. The molecule has 1 unspecified atom stereocenters. The minimum absolute atomic E-state index is 0.0625. The van der Waals surface area contributed by atoms with Crippen molar-refractivity contribution in [2.75, 3.05) is 20.6 Å². The van der Waals surface area contributed by atoms with Gasteiger partial charge in [0.05, 0.1) is 5.92 Å². The van der Waals surface area contributed by atoms with Gasteiger partial charge in [-0.05, 0) is 24.1 Å². The molecular weight excluding hydrogens is 303 g/mol. The quantitative estimate of drug-likeness (QED) is 0.756. The van der Waals surface area contributed by atoms with E-state index in [0.717, 1.165) is 0 Å². The topological polar surface area (TPSA) is 86.7 Å². The second kappa shape index (κ2) is 8.87. The van der Waals surface area contributed by atoms with Crippen LogP contribution in [0.15, 0.2) is 24.3 Å². The molecule has 2 N–H and O–H groups in total.